The second-order valence-electron chi connectivity index (χ2n) is 7.99. The first kappa shape index (κ1) is 20.4. The number of rotatable bonds is 5. The summed E-state index contributed by atoms with van der Waals surface area (Å²) in [6.07, 6.45) is 1.98. The average Bonchev–Trinajstić information content (AvgIpc) is 3.19. The number of allylic oxidation sites excluding steroid dienone is 2. The number of fused-ring (bicyclic) bond motifs is 1. The van der Waals surface area contributed by atoms with Crippen LogP contribution in [0.25, 0.3) is 0 Å². The second kappa shape index (κ2) is 8.23. The summed E-state index contributed by atoms with van der Waals surface area (Å²) in [6, 6.07) is 14.2. The third-order valence-corrected chi connectivity index (χ3v) is 6.60. The molecule has 0 saturated carbocycles. The Labute approximate surface area is 188 Å². The molecule has 0 fully saturated rings. The molecule has 0 radical (unpaired) electrons. The second-order valence-corrected chi connectivity index (χ2v) is 8.93. The van der Waals surface area contributed by atoms with Crippen LogP contribution in [0.1, 0.15) is 42.0 Å². The Hall–Kier alpha value is -3.46. The standard InChI is InChI=1S/C23H21N5O3S/c1-14-5-2-6-15(11-14)13-32-23-25-22-24-18-9-4-10-19(29)20(18)21(27(22)26-23)16-7-3-8-17(12-16)28(30)31/h2-3,5-8,11-12,21H,4,9-10,13H2,1H3,(H,24,25,26)/t21-/m0/s1. The van der Waals surface area contributed by atoms with Crippen molar-refractivity contribution in [2.24, 2.45) is 0 Å². The summed E-state index contributed by atoms with van der Waals surface area (Å²) in [6.45, 7) is 2.06. The van der Waals surface area contributed by atoms with Crippen molar-refractivity contribution in [3.8, 4) is 0 Å². The lowest BCUT2D eigenvalue weighted by molar-refractivity contribution is -0.384. The van der Waals surface area contributed by atoms with Gasteiger partial charge in [0.05, 0.1) is 4.92 Å². The predicted molar refractivity (Wildman–Crippen MR) is 122 cm³/mol. The van der Waals surface area contributed by atoms with E-state index < -0.39 is 11.0 Å². The predicted octanol–water partition coefficient (Wildman–Crippen LogP) is 4.81. The van der Waals surface area contributed by atoms with Crippen LogP contribution in [0.15, 0.2) is 65.0 Å². The number of ketones is 1. The fourth-order valence-electron chi connectivity index (χ4n) is 4.26. The Morgan fingerprint density at radius 3 is 2.88 bits per heavy atom. The minimum atomic E-state index is -0.533. The number of carbonyl (C=O) groups is 1. The molecule has 5 rings (SSSR count). The number of thioether (sulfide) groups is 1. The number of benzene rings is 2. The summed E-state index contributed by atoms with van der Waals surface area (Å²) < 4.78 is 1.69. The molecule has 32 heavy (non-hydrogen) atoms. The fraction of sp³-hybridized carbons (Fsp3) is 0.261. The quantitative estimate of drug-likeness (QED) is 0.340. The Kier molecular flexibility index (Phi) is 5.26. The smallest absolute Gasteiger partial charge is 0.269 e. The zero-order chi connectivity index (χ0) is 22.2. The highest BCUT2D eigenvalue weighted by molar-refractivity contribution is 7.98. The van der Waals surface area contributed by atoms with Crippen LogP contribution in [-0.4, -0.2) is 25.5 Å². The fourth-order valence-corrected chi connectivity index (χ4v) is 5.04. The topological polar surface area (TPSA) is 103 Å². The molecule has 0 unspecified atom stereocenters. The number of Topliss-reactive ketones (excluding diaryl/α,β-unsaturated/α-hetero) is 1. The summed E-state index contributed by atoms with van der Waals surface area (Å²) in [5.41, 5.74) is 4.49. The highest BCUT2D eigenvalue weighted by Crippen LogP contribution is 2.41. The van der Waals surface area contributed by atoms with Gasteiger partial charge in [-0.3, -0.25) is 14.9 Å². The van der Waals surface area contributed by atoms with Crippen LogP contribution in [0.5, 0.6) is 0 Å². The molecule has 2 aromatic carbocycles. The number of aromatic nitrogens is 3. The molecule has 0 saturated heterocycles. The van der Waals surface area contributed by atoms with Crippen LogP contribution in [-0.2, 0) is 10.5 Å². The average molecular weight is 448 g/mol. The van der Waals surface area contributed by atoms with Crippen molar-refractivity contribution in [3.63, 3.8) is 0 Å². The molecule has 2 aliphatic rings. The maximum absolute atomic E-state index is 12.9. The molecule has 2 heterocycles. The van der Waals surface area contributed by atoms with Crippen molar-refractivity contribution in [1.82, 2.24) is 14.8 Å². The van der Waals surface area contributed by atoms with Gasteiger partial charge < -0.3 is 5.32 Å². The summed E-state index contributed by atoms with van der Waals surface area (Å²) in [7, 11) is 0. The number of nitro groups is 1. The number of aryl methyl sites for hydroxylation is 1. The van der Waals surface area contributed by atoms with Crippen molar-refractivity contribution in [2.45, 2.75) is 43.1 Å². The molecule has 3 aromatic rings. The molecule has 1 atom stereocenters. The van der Waals surface area contributed by atoms with Crippen molar-refractivity contribution in [3.05, 3.63) is 86.6 Å². The van der Waals surface area contributed by atoms with E-state index in [-0.39, 0.29) is 11.5 Å². The minimum absolute atomic E-state index is 0.0119. The van der Waals surface area contributed by atoms with Crippen LogP contribution in [0.4, 0.5) is 11.6 Å². The summed E-state index contributed by atoms with van der Waals surface area (Å²) in [5, 5.41) is 19.9. The third kappa shape index (κ3) is 3.80. The number of nitro benzene ring substituents is 1. The highest BCUT2D eigenvalue weighted by atomic mass is 32.2. The van der Waals surface area contributed by atoms with E-state index in [0.29, 0.717) is 28.7 Å². The molecule has 1 aromatic heterocycles. The van der Waals surface area contributed by atoms with Gasteiger partial charge in [-0.05, 0) is 30.9 Å². The van der Waals surface area contributed by atoms with Crippen molar-refractivity contribution >= 4 is 29.2 Å². The number of hydrogen-bond donors (Lipinski definition) is 1. The monoisotopic (exact) mass is 447 g/mol. The van der Waals surface area contributed by atoms with Crippen LogP contribution in [0, 0.1) is 17.0 Å². The van der Waals surface area contributed by atoms with E-state index in [9.17, 15) is 14.9 Å². The van der Waals surface area contributed by atoms with E-state index in [2.05, 4.69) is 35.4 Å². The lowest BCUT2D eigenvalue weighted by Crippen LogP contribution is -2.31. The molecule has 1 aliphatic carbocycles. The first-order chi connectivity index (χ1) is 15.5. The molecule has 0 bridgehead atoms. The van der Waals surface area contributed by atoms with Gasteiger partial charge in [-0.2, -0.15) is 4.98 Å². The molecule has 8 nitrogen and oxygen atoms in total. The van der Waals surface area contributed by atoms with Gasteiger partial charge in [0.25, 0.3) is 5.69 Å². The van der Waals surface area contributed by atoms with Gasteiger partial charge in [-0.25, -0.2) is 4.68 Å². The number of nitrogens with zero attached hydrogens (tertiary/aromatic N) is 4. The number of non-ortho nitro benzene ring substituents is 1. The first-order valence-corrected chi connectivity index (χ1v) is 11.4. The maximum atomic E-state index is 12.9. The van der Waals surface area contributed by atoms with E-state index in [1.165, 1.54) is 35.0 Å². The minimum Gasteiger partial charge on any atom is -0.328 e. The molecule has 0 amide bonds. The largest absolute Gasteiger partial charge is 0.328 e. The highest BCUT2D eigenvalue weighted by Gasteiger charge is 2.37. The molecule has 1 aliphatic heterocycles. The molecule has 9 heteroatoms. The van der Waals surface area contributed by atoms with Crippen LogP contribution in [0.3, 0.4) is 0 Å². The van der Waals surface area contributed by atoms with E-state index in [1.807, 2.05) is 6.07 Å². The van der Waals surface area contributed by atoms with E-state index in [0.717, 1.165) is 24.3 Å². The molecule has 1 N–H and O–H groups in total. The van der Waals surface area contributed by atoms with Crippen molar-refractivity contribution < 1.29 is 9.72 Å². The Morgan fingerprint density at radius 2 is 2.06 bits per heavy atom. The summed E-state index contributed by atoms with van der Waals surface area (Å²) >= 11 is 1.52. The number of hydrogen-bond acceptors (Lipinski definition) is 7. The van der Waals surface area contributed by atoms with E-state index in [4.69, 9.17) is 5.10 Å². The molecular weight excluding hydrogens is 426 g/mol. The van der Waals surface area contributed by atoms with E-state index in [1.54, 1.807) is 16.8 Å². The molecule has 162 valence electrons. The number of nitrogens with one attached hydrogen (secondary N) is 1. The lowest BCUT2D eigenvalue weighted by Gasteiger charge is -2.32. The van der Waals surface area contributed by atoms with Gasteiger partial charge in [0, 0.05) is 35.6 Å². The SMILES string of the molecule is Cc1cccc(CSc2nc3n(n2)[C@@H](c2cccc([N+](=O)[O-])c2)C2=C(CCCC2=O)N3)c1. The Morgan fingerprint density at radius 1 is 1.22 bits per heavy atom. The van der Waals surface area contributed by atoms with Crippen molar-refractivity contribution in [2.75, 3.05) is 5.32 Å². The van der Waals surface area contributed by atoms with Crippen molar-refractivity contribution in [1.29, 1.82) is 0 Å². The molecular formula is C23H21N5O3S. The number of carbonyl (C=O) groups excluding carboxylic acids is 1. The maximum Gasteiger partial charge on any atom is 0.269 e. The zero-order valence-electron chi connectivity index (χ0n) is 17.4. The third-order valence-electron chi connectivity index (χ3n) is 5.70. The first-order valence-electron chi connectivity index (χ1n) is 10.4. The Bertz CT molecular complexity index is 1270. The van der Waals surface area contributed by atoms with Crippen LogP contribution in [0.2, 0.25) is 0 Å². The van der Waals surface area contributed by atoms with Gasteiger partial charge in [0.1, 0.15) is 6.04 Å². The number of anilines is 1. The summed E-state index contributed by atoms with van der Waals surface area (Å²) in [5.74, 6) is 1.32. The summed E-state index contributed by atoms with van der Waals surface area (Å²) in [4.78, 5) is 28.5. The zero-order valence-corrected chi connectivity index (χ0v) is 18.3. The van der Waals surface area contributed by atoms with E-state index >= 15 is 0 Å². The van der Waals surface area contributed by atoms with Gasteiger partial charge in [-0.1, -0.05) is 53.7 Å². The van der Waals surface area contributed by atoms with Gasteiger partial charge in [-0.15, -0.1) is 5.10 Å². The lowest BCUT2D eigenvalue weighted by atomic mass is 9.85. The van der Waals surface area contributed by atoms with Gasteiger partial charge >= 0.3 is 0 Å². The Balaban J connectivity index is 1.53. The normalized spacial score (nSPS) is 17.5. The van der Waals surface area contributed by atoms with Crippen LogP contribution < -0.4 is 5.32 Å². The van der Waals surface area contributed by atoms with Crippen LogP contribution >= 0.6 is 11.8 Å². The molecule has 0 spiro atoms. The van der Waals surface area contributed by atoms with Gasteiger partial charge in [0.15, 0.2) is 5.78 Å². The van der Waals surface area contributed by atoms with Gasteiger partial charge in [0.2, 0.25) is 11.1 Å².